The SMILES string of the molecule is Cn1c(=O)c(Cc2ccc(Cl)c(Cl)c2)c(C2=C(Cc3ccc(Cl)c(Cl)c3)CC2)c2ccccc21. The van der Waals surface area contributed by atoms with Crippen LogP contribution < -0.4 is 5.56 Å². The van der Waals surface area contributed by atoms with Gasteiger partial charge in [-0.3, -0.25) is 4.79 Å². The Morgan fingerprint density at radius 2 is 1.38 bits per heavy atom. The molecule has 0 aliphatic heterocycles. The predicted molar refractivity (Wildman–Crippen MR) is 145 cm³/mol. The van der Waals surface area contributed by atoms with E-state index in [4.69, 9.17) is 46.4 Å². The van der Waals surface area contributed by atoms with Crippen LogP contribution >= 0.6 is 46.4 Å². The van der Waals surface area contributed by atoms with Crippen LogP contribution in [0.15, 0.2) is 71.0 Å². The monoisotopic (exact) mass is 527 g/mol. The Hall–Kier alpha value is -2.23. The standard InChI is InChI=1S/C28H21Cl4NO/c1-33-26-5-3-2-4-20(26)27(21(28(33)34)13-17-7-11-23(30)25(32)15-17)19-9-8-18(19)12-16-6-10-22(29)24(31)14-16/h2-7,10-11,14-15H,8-9,12-13H2,1H3. The molecule has 0 unspecified atom stereocenters. The average Bonchev–Trinajstić information content (AvgIpc) is 2.81. The Bertz CT molecular complexity index is 1530. The molecule has 1 aromatic heterocycles. The molecule has 0 fully saturated rings. The van der Waals surface area contributed by atoms with E-state index in [0.717, 1.165) is 52.4 Å². The van der Waals surface area contributed by atoms with Gasteiger partial charge in [0.1, 0.15) is 0 Å². The van der Waals surface area contributed by atoms with E-state index in [2.05, 4.69) is 6.07 Å². The van der Waals surface area contributed by atoms with Crippen molar-refractivity contribution in [3.63, 3.8) is 0 Å². The molecule has 0 saturated heterocycles. The summed E-state index contributed by atoms with van der Waals surface area (Å²) in [5, 5.41) is 3.18. The smallest absolute Gasteiger partial charge is 0.254 e. The molecule has 0 spiro atoms. The maximum absolute atomic E-state index is 13.6. The van der Waals surface area contributed by atoms with Gasteiger partial charge in [-0.15, -0.1) is 0 Å². The molecule has 1 aliphatic rings. The number of hydrogen-bond donors (Lipinski definition) is 0. The zero-order valence-electron chi connectivity index (χ0n) is 18.5. The number of allylic oxidation sites excluding steroid dienone is 2. The zero-order valence-corrected chi connectivity index (χ0v) is 21.5. The molecule has 34 heavy (non-hydrogen) atoms. The molecule has 1 aliphatic carbocycles. The molecule has 172 valence electrons. The van der Waals surface area contributed by atoms with E-state index >= 15 is 0 Å². The molecule has 2 nitrogen and oxygen atoms in total. The van der Waals surface area contributed by atoms with Crippen molar-refractivity contribution in [1.29, 1.82) is 0 Å². The molecule has 0 radical (unpaired) electrons. The Balaban J connectivity index is 1.68. The van der Waals surface area contributed by atoms with E-state index in [1.807, 2.05) is 55.6 Å². The summed E-state index contributed by atoms with van der Waals surface area (Å²) < 4.78 is 1.74. The van der Waals surface area contributed by atoms with Gasteiger partial charge in [-0.05, 0) is 71.9 Å². The van der Waals surface area contributed by atoms with Gasteiger partial charge >= 0.3 is 0 Å². The highest BCUT2D eigenvalue weighted by Crippen LogP contribution is 2.42. The van der Waals surface area contributed by atoms with Gasteiger partial charge in [0, 0.05) is 24.4 Å². The number of pyridine rings is 1. The highest BCUT2D eigenvalue weighted by atomic mass is 35.5. The minimum Gasteiger partial charge on any atom is -0.311 e. The van der Waals surface area contributed by atoms with Crippen molar-refractivity contribution in [1.82, 2.24) is 4.57 Å². The van der Waals surface area contributed by atoms with Crippen LogP contribution in [0, 0.1) is 0 Å². The van der Waals surface area contributed by atoms with Crippen LogP contribution in [0.3, 0.4) is 0 Å². The number of rotatable bonds is 5. The summed E-state index contributed by atoms with van der Waals surface area (Å²) in [7, 11) is 1.83. The molecule has 0 atom stereocenters. The zero-order chi connectivity index (χ0) is 24.0. The summed E-state index contributed by atoms with van der Waals surface area (Å²) in [5.41, 5.74) is 7.39. The third-order valence-corrected chi connectivity index (χ3v) is 8.05. The molecule has 3 aromatic carbocycles. The minimum atomic E-state index is 0.00746. The highest BCUT2D eigenvalue weighted by Gasteiger charge is 2.26. The number of fused-ring (bicyclic) bond motifs is 1. The van der Waals surface area contributed by atoms with E-state index in [1.54, 1.807) is 10.6 Å². The molecule has 0 bridgehead atoms. The highest BCUT2D eigenvalue weighted by molar-refractivity contribution is 6.42. The van der Waals surface area contributed by atoms with Gasteiger partial charge in [0.2, 0.25) is 0 Å². The number of nitrogens with zero attached hydrogens (tertiary/aromatic N) is 1. The Morgan fingerprint density at radius 1 is 0.765 bits per heavy atom. The first-order valence-electron chi connectivity index (χ1n) is 11.0. The molecule has 0 amide bonds. The van der Waals surface area contributed by atoms with E-state index in [0.29, 0.717) is 26.5 Å². The molecule has 1 heterocycles. The molecule has 4 aromatic rings. The normalized spacial score (nSPS) is 13.4. The number of aromatic nitrogens is 1. The first-order chi connectivity index (χ1) is 16.3. The Labute approximate surface area is 218 Å². The lowest BCUT2D eigenvalue weighted by atomic mass is 9.77. The fraction of sp³-hybridized carbons (Fsp3) is 0.179. The quantitative estimate of drug-likeness (QED) is 0.254. The molecule has 5 rings (SSSR count). The van der Waals surface area contributed by atoms with Crippen molar-refractivity contribution < 1.29 is 0 Å². The number of hydrogen-bond acceptors (Lipinski definition) is 1. The summed E-state index contributed by atoms with van der Waals surface area (Å²) >= 11 is 24.8. The minimum absolute atomic E-state index is 0.00746. The van der Waals surface area contributed by atoms with Crippen LogP contribution in [0.5, 0.6) is 0 Å². The van der Waals surface area contributed by atoms with E-state index in [1.165, 1.54) is 11.1 Å². The number of halogens is 4. The lowest BCUT2D eigenvalue weighted by molar-refractivity contribution is 0.841. The summed E-state index contributed by atoms with van der Waals surface area (Å²) in [4.78, 5) is 13.6. The lowest BCUT2D eigenvalue weighted by Crippen LogP contribution is -2.25. The van der Waals surface area contributed by atoms with Gasteiger partial charge < -0.3 is 4.57 Å². The first kappa shape index (κ1) is 23.5. The molecular weight excluding hydrogens is 508 g/mol. The van der Waals surface area contributed by atoms with Crippen LogP contribution in [-0.2, 0) is 19.9 Å². The van der Waals surface area contributed by atoms with E-state index in [-0.39, 0.29) is 5.56 Å². The van der Waals surface area contributed by atoms with Crippen LogP contribution in [0.1, 0.15) is 35.1 Å². The van der Waals surface area contributed by atoms with Crippen LogP contribution in [0.25, 0.3) is 16.5 Å². The third kappa shape index (κ3) is 4.29. The van der Waals surface area contributed by atoms with Crippen LogP contribution in [-0.4, -0.2) is 4.57 Å². The van der Waals surface area contributed by atoms with Crippen molar-refractivity contribution in [3.05, 3.63) is 119 Å². The maximum atomic E-state index is 13.6. The number of aryl methyl sites for hydroxylation is 1. The summed E-state index contributed by atoms with van der Waals surface area (Å²) in [6, 6.07) is 19.4. The van der Waals surface area contributed by atoms with Crippen molar-refractivity contribution in [2.75, 3.05) is 0 Å². The maximum Gasteiger partial charge on any atom is 0.254 e. The number of benzene rings is 3. The van der Waals surface area contributed by atoms with Gasteiger partial charge in [0.25, 0.3) is 5.56 Å². The third-order valence-electron chi connectivity index (χ3n) is 6.57. The summed E-state index contributed by atoms with van der Waals surface area (Å²) in [6.07, 6.45) is 3.18. The molecular formula is C28H21Cl4NO. The van der Waals surface area contributed by atoms with Gasteiger partial charge in [0.05, 0.1) is 25.6 Å². The van der Waals surface area contributed by atoms with Crippen LogP contribution in [0.4, 0.5) is 0 Å². The molecule has 0 N–H and O–H groups in total. The van der Waals surface area contributed by atoms with Crippen molar-refractivity contribution in [2.24, 2.45) is 7.05 Å². The second-order valence-corrected chi connectivity index (χ2v) is 10.3. The van der Waals surface area contributed by atoms with E-state index < -0.39 is 0 Å². The first-order valence-corrected chi connectivity index (χ1v) is 12.5. The predicted octanol–water partition coefficient (Wildman–Crippen LogP) is 8.53. The van der Waals surface area contributed by atoms with Gasteiger partial charge in [-0.25, -0.2) is 0 Å². The van der Waals surface area contributed by atoms with Crippen molar-refractivity contribution in [3.8, 4) is 0 Å². The van der Waals surface area contributed by atoms with Gasteiger partial charge in [-0.2, -0.15) is 0 Å². The second kappa shape index (κ2) is 9.43. The fourth-order valence-electron chi connectivity index (χ4n) is 4.74. The second-order valence-electron chi connectivity index (χ2n) is 8.67. The van der Waals surface area contributed by atoms with Crippen molar-refractivity contribution in [2.45, 2.75) is 25.7 Å². The summed E-state index contributed by atoms with van der Waals surface area (Å²) in [5.74, 6) is 0. The summed E-state index contributed by atoms with van der Waals surface area (Å²) in [6.45, 7) is 0. The van der Waals surface area contributed by atoms with Gasteiger partial charge in [-0.1, -0.05) is 82.3 Å². The molecule has 6 heteroatoms. The van der Waals surface area contributed by atoms with Crippen molar-refractivity contribution >= 4 is 62.9 Å². The number of para-hydroxylation sites is 1. The molecule has 0 saturated carbocycles. The average molecular weight is 529 g/mol. The Kier molecular flexibility index (Phi) is 6.52. The largest absolute Gasteiger partial charge is 0.311 e. The fourth-order valence-corrected chi connectivity index (χ4v) is 5.38. The topological polar surface area (TPSA) is 22.0 Å². The van der Waals surface area contributed by atoms with Gasteiger partial charge in [0.15, 0.2) is 0 Å². The van der Waals surface area contributed by atoms with Crippen LogP contribution in [0.2, 0.25) is 20.1 Å². The lowest BCUT2D eigenvalue weighted by Gasteiger charge is -2.28. The Morgan fingerprint density at radius 3 is 1.97 bits per heavy atom. The van der Waals surface area contributed by atoms with E-state index in [9.17, 15) is 4.79 Å².